The second-order valence-corrected chi connectivity index (χ2v) is 4.31. The number of fused-ring (bicyclic) bond motifs is 1. The average Bonchev–Trinajstić information content (AvgIpc) is 2.98. The summed E-state index contributed by atoms with van der Waals surface area (Å²) in [6, 6.07) is 6.39. The molecule has 0 saturated heterocycles. The summed E-state index contributed by atoms with van der Waals surface area (Å²) in [5, 5.41) is 6.66. The highest BCUT2D eigenvalue weighted by Gasteiger charge is 2.14. The Labute approximate surface area is 124 Å². The highest BCUT2D eigenvalue weighted by molar-refractivity contribution is 6.03. The number of carbonyl (C=O) groups is 2. The van der Waals surface area contributed by atoms with E-state index in [-0.39, 0.29) is 11.5 Å². The third kappa shape index (κ3) is 2.49. The molecule has 0 radical (unpaired) electrons. The quantitative estimate of drug-likeness (QED) is 0.728. The number of ether oxygens (including phenoxy) is 1. The van der Waals surface area contributed by atoms with Gasteiger partial charge in [0.2, 0.25) is 0 Å². The molecule has 0 aliphatic carbocycles. The van der Waals surface area contributed by atoms with Gasteiger partial charge in [0.25, 0.3) is 5.91 Å². The Kier molecular flexibility index (Phi) is 3.48. The van der Waals surface area contributed by atoms with Crippen molar-refractivity contribution in [3.63, 3.8) is 0 Å². The molecule has 110 valence electrons. The molecule has 1 amide bonds. The van der Waals surface area contributed by atoms with Gasteiger partial charge in [-0.15, -0.1) is 0 Å². The van der Waals surface area contributed by atoms with Gasteiger partial charge in [0.1, 0.15) is 5.82 Å². The largest absolute Gasteiger partial charge is 0.465 e. The molecule has 0 aliphatic heterocycles. The summed E-state index contributed by atoms with van der Waals surface area (Å²) in [6.07, 6.45) is 4.39. The molecule has 8 heteroatoms. The number of rotatable bonds is 3. The Morgan fingerprint density at radius 2 is 2.09 bits per heavy atom. The number of aromatic nitrogens is 4. The van der Waals surface area contributed by atoms with Crippen molar-refractivity contribution in [1.29, 1.82) is 0 Å². The van der Waals surface area contributed by atoms with Gasteiger partial charge in [0.15, 0.2) is 11.3 Å². The zero-order valence-corrected chi connectivity index (χ0v) is 11.6. The molecule has 0 atom stereocenters. The molecule has 0 aromatic carbocycles. The minimum Gasteiger partial charge on any atom is -0.465 e. The Morgan fingerprint density at radius 1 is 1.23 bits per heavy atom. The number of anilines is 1. The van der Waals surface area contributed by atoms with Crippen LogP contribution in [0.1, 0.15) is 20.8 Å². The van der Waals surface area contributed by atoms with Gasteiger partial charge in [-0.2, -0.15) is 5.10 Å². The van der Waals surface area contributed by atoms with Crippen LogP contribution < -0.4 is 5.32 Å². The standard InChI is InChI=1S/C14H11N5O3/c1-22-14(21)9-4-6-15-11(7-9)18-13(20)10-8-16-12-3-2-5-17-19(10)12/h2-8H,1H3,(H,15,18,20). The molecule has 8 nitrogen and oxygen atoms in total. The van der Waals surface area contributed by atoms with Crippen LogP contribution in [-0.4, -0.2) is 38.6 Å². The van der Waals surface area contributed by atoms with E-state index in [0.29, 0.717) is 11.2 Å². The number of esters is 1. The van der Waals surface area contributed by atoms with Crippen molar-refractivity contribution in [2.24, 2.45) is 0 Å². The summed E-state index contributed by atoms with van der Waals surface area (Å²) in [5.41, 5.74) is 1.12. The maximum Gasteiger partial charge on any atom is 0.338 e. The first-order valence-corrected chi connectivity index (χ1v) is 6.33. The number of pyridine rings is 1. The number of hydrogen-bond acceptors (Lipinski definition) is 6. The topological polar surface area (TPSA) is 98.5 Å². The third-order valence-electron chi connectivity index (χ3n) is 2.93. The van der Waals surface area contributed by atoms with E-state index in [1.807, 2.05) is 0 Å². The van der Waals surface area contributed by atoms with Crippen LogP contribution in [0.15, 0.2) is 42.9 Å². The predicted octanol–water partition coefficient (Wildman–Crippen LogP) is 1.16. The van der Waals surface area contributed by atoms with Crippen molar-refractivity contribution in [2.45, 2.75) is 0 Å². The fraction of sp³-hybridized carbons (Fsp3) is 0.0714. The molecular weight excluding hydrogens is 286 g/mol. The monoisotopic (exact) mass is 297 g/mol. The van der Waals surface area contributed by atoms with Crippen LogP contribution in [0.2, 0.25) is 0 Å². The van der Waals surface area contributed by atoms with E-state index < -0.39 is 11.9 Å². The van der Waals surface area contributed by atoms with Crippen molar-refractivity contribution in [3.8, 4) is 0 Å². The molecular formula is C14H11N5O3. The van der Waals surface area contributed by atoms with Gasteiger partial charge < -0.3 is 10.1 Å². The molecule has 3 rings (SSSR count). The van der Waals surface area contributed by atoms with Crippen LogP contribution in [-0.2, 0) is 4.74 Å². The summed E-state index contributed by atoms with van der Waals surface area (Å²) >= 11 is 0. The number of nitrogens with zero attached hydrogens (tertiary/aromatic N) is 4. The summed E-state index contributed by atoms with van der Waals surface area (Å²) in [5.74, 6) is -0.700. The summed E-state index contributed by atoms with van der Waals surface area (Å²) in [6.45, 7) is 0. The molecule has 0 saturated carbocycles. The van der Waals surface area contributed by atoms with E-state index in [9.17, 15) is 9.59 Å². The number of amides is 1. The lowest BCUT2D eigenvalue weighted by Crippen LogP contribution is -2.16. The molecule has 0 bridgehead atoms. The molecule has 0 aliphatic rings. The second-order valence-electron chi connectivity index (χ2n) is 4.31. The number of carbonyl (C=O) groups excluding carboxylic acids is 2. The number of hydrogen-bond donors (Lipinski definition) is 1. The van der Waals surface area contributed by atoms with Crippen LogP contribution >= 0.6 is 0 Å². The van der Waals surface area contributed by atoms with Crippen LogP contribution in [0.3, 0.4) is 0 Å². The minimum absolute atomic E-state index is 0.235. The van der Waals surface area contributed by atoms with Crippen LogP contribution in [0.5, 0.6) is 0 Å². The average molecular weight is 297 g/mol. The fourth-order valence-corrected chi connectivity index (χ4v) is 1.91. The molecule has 3 heterocycles. The number of nitrogens with one attached hydrogen (secondary N) is 1. The molecule has 1 N–H and O–H groups in total. The molecule has 3 aromatic heterocycles. The van der Waals surface area contributed by atoms with E-state index in [1.165, 1.54) is 36.2 Å². The molecule has 22 heavy (non-hydrogen) atoms. The first-order chi connectivity index (χ1) is 10.7. The van der Waals surface area contributed by atoms with E-state index in [2.05, 4.69) is 25.1 Å². The maximum atomic E-state index is 12.3. The third-order valence-corrected chi connectivity index (χ3v) is 2.93. The van der Waals surface area contributed by atoms with Crippen molar-refractivity contribution in [1.82, 2.24) is 19.6 Å². The molecule has 0 fully saturated rings. The minimum atomic E-state index is -0.505. The first-order valence-electron chi connectivity index (χ1n) is 6.33. The van der Waals surface area contributed by atoms with E-state index in [4.69, 9.17) is 0 Å². The number of imidazole rings is 1. The summed E-state index contributed by atoms with van der Waals surface area (Å²) in [4.78, 5) is 31.8. The fourth-order valence-electron chi connectivity index (χ4n) is 1.91. The van der Waals surface area contributed by atoms with Crippen molar-refractivity contribution in [2.75, 3.05) is 12.4 Å². The SMILES string of the molecule is COC(=O)c1ccnc(NC(=O)c2cnc3cccnn23)c1. The van der Waals surface area contributed by atoms with Crippen molar-refractivity contribution in [3.05, 3.63) is 54.1 Å². The van der Waals surface area contributed by atoms with Gasteiger partial charge in [-0.25, -0.2) is 19.3 Å². The van der Waals surface area contributed by atoms with Crippen LogP contribution in [0.25, 0.3) is 5.65 Å². The molecule has 3 aromatic rings. The highest BCUT2D eigenvalue weighted by Crippen LogP contribution is 2.11. The normalized spacial score (nSPS) is 10.4. The first kappa shape index (κ1) is 13.7. The van der Waals surface area contributed by atoms with E-state index >= 15 is 0 Å². The van der Waals surface area contributed by atoms with Crippen molar-refractivity contribution >= 4 is 23.3 Å². The lowest BCUT2D eigenvalue weighted by Gasteiger charge is -2.05. The highest BCUT2D eigenvalue weighted by atomic mass is 16.5. The predicted molar refractivity (Wildman–Crippen MR) is 76.5 cm³/mol. The smallest absolute Gasteiger partial charge is 0.338 e. The lowest BCUT2D eigenvalue weighted by atomic mass is 10.2. The summed E-state index contributed by atoms with van der Waals surface area (Å²) in [7, 11) is 1.28. The zero-order valence-electron chi connectivity index (χ0n) is 11.6. The lowest BCUT2D eigenvalue weighted by molar-refractivity contribution is 0.0600. The van der Waals surface area contributed by atoms with Crippen molar-refractivity contribution < 1.29 is 14.3 Å². The van der Waals surface area contributed by atoms with E-state index in [1.54, 1.807) is 18.3 Å². The Balaban J connectivity index is 1.87. The molecule has 0 unspecified atom stereocenters. The Morgan fingerprint density at radius 3 is 2.91 bits per heavy atom. The van der Waals surface area contributed by atoms with Gasteiger partial charge >= 0.3 is 5.97 Å². The van der Waals surface area contributed by atoms with E-state index in [0.717, 1.165) is 0 Å². The Bertz CT molecular complexity index is 858. The van der Waals surface area contributed by atoms with Crippen LogP contribution in [0, 0.1) is 0 Å². The van der Waals surface area contributed by atoms with Gasteiger partial charge in [0, 0.05) is 12.4 Å². The van der Waals surface area contributed by atoms with Gasteiger partial charge in [-0.05, 0) is 24.3 Å². The zero-order chi connectivity index (χ0) is 15.5. The second kappa shape index (κ2) is 5.60. The molecule has 0 spiro atoms. The Hall–Kier alpha value is -3.29. The van der Waals surface area contributed by atoms with Crippen LogP contribution in [0.4, 0.5) is 5.82 Å². The van der Waals surface area contributed by atoms with Gasteiger partial charge in [-0.3, -0.25) is 4.79 Å². The maximum absolute atomic E-state index is 12.3. The summed E-state index contributed by atoms with van der Waals surface area (Å²) < 4.78 is 6.04. The van der Waals surface area contributed by atoms with Gasteiger partial charge in [0.05, 0.1) is 18.9 Å². The number of methoxy groups -OCH3 is 1. The van der Waals surface area contributed by atoms with Gasteiger partial charge in [-0.1, -0.05) is 0 Å².